The maximum absolute atomic E-state index is 12.0. The molecule has 0 unspecified atom stereocenters. The van der Waals surface area contributed by atoms with E-state index in [9.17, 15) is 9.59 Å². The quantitative estimate of drug-likeness (QED) is 0.817. The lowest BCUT2D eigenvalue weighted by Gasteiger charge is -2.03. The number of carboxylic acid groups (broad SMARTS) is 1. The Balaban J connectivity index is 2.19. The molecule has 98 valence electrons. The second kappa shape index (κ2) is 5.81. The van der Waals surface area contributed by atoms with Gasteiger partial charge in [0.05, 0.1) is 8.66 Å². The molecule has 0 saturated heterocycles. The number of hydrogen-bond acceptors (Lipinski definition) is 4. The lowest BCUT2D eigenvalue weighted by molar-refractivity contribution is 0.0690. The van der Waals surface area contributed by atoms with Crippen LogP contribution >= 0.6 is 43.2 Å². The summed E-state index contributed by atoms with van der Waals surface area (Å²) in [6, 6.07) is 4.52. The number of rotatable bonds is 3. The Morgan fingerprint density at radius 2 is 2.05 bits per heavy atom. The van der Waals surface area contributed by atoms with Gasteiger partial charge in [-0.05, 0) is 50.1 Å². The van der Waals surface area contributed by atoms with E-state index in [2.05, 4.69) is 42.2 Å². The fourth-order valence-corrected chi connectivity index (χ4v) is 3.21. The molecule has 0 aliphatic rings. The molecule has 1 amide bonds. The van der Waals surface area contributed by atoms with Gasteiger partial charge >= 0.3 is 5.97 Å². The highest BCUT2D eigenvalue weighted by Crippen LogP contribution is 2.32. The van der Waals surface area contributed by atoms with Crippen LogP contribution in [0.5, 0.6) is 0 Å². The topological polar surface area (TPSA) is 79.3 Å². The van der Waals surface area contributed by atoms with Crippen molar-refractivity contribution < 1.29 is 14.7 Å². The van der Waals surface area contributed by atoms with E-state index in [0.29, 0.717) is 10.6 Å². The third kappa shape index (κ3) is 3.40. The second-order valence-electron chi connectivity index (χ2n) is 3.42. The molecular weight excluding hydrogens is 400 g/mol. The summed E-state index contributed by atoms with van der Waals surface area (Å²) in [5.41, 5.74) is 0.268. The van der Waals surface area contributed by atoms with Gasteiger partial charge in [0, 0.05) is 16.4 Å². The Kier molecular flexibility index (Phi) is 4.33. The van der Waals surface area contributed by atoms with Gasteiger partial charge in [-0.1, -0.05) is 0 Å². The number of thiophene rings is 1. The number of amides is 1. The lowest BCUT2D eigenvalue weighted by atomic mass is 10.3. The molecule has 0 aliphatic heterocycles. The minimum atomic E-state index is -1.14. The molecule has 0 aliphatic carbocycles. The lowest BCUT2D eigenvalue weighted by Crippen LogP contribution is -2.11. The van der Waals surface area contributed by atoms with Crippen LogP contribution in [0.1, 0.15) is 20.2 Å². The highest BCUT2D eigenvalue weighted by atomic mass is 79.9. The van der Waals surface area contributed by atoms with Crippen molar-refractivity contribution in [1.29, 1.82) is 0 Å². The van der Waals surface area contributed by atoms with Crippen molar-refractivity contribution in [1.82, 2.24) is 4.98 Å². The van der Waals surface area contributed by atoms with Crippen LogP contribution in [0.25, 0.3) is 0 Å². The van der Waals surface area contributed by atoms with Gasteiger partial charge in [-0.2, -0.15) is 0 Å². The predicted octanol–water partition coefficient (Wildman–Crippen LogP) is 3.62. The number of pyridine rings is 1. The molecule has 0 saturated carbocycles. The maximum Gasteiger partial charge on any atom is 0.354 e. The van der Waals surface area contributed by atoms with Crippen molar-refractivity contribution in [2.45, 2.75) is 0 Å². The molecule has 8 heteroatoms. The Morgan fingerprint density at radius 1 is 1.32 bits per heavy atom. The van der Waals surface area contributed by atoms with E-state index in [1.165, 1.54) is 29.7 Å². The zero-order valence-corrected chi connectivity index (χ0v) is 13.2. The summed E-state index contributed by atoms with van der Waals surface area (Å²) >= 11 is 7.88. The van der Waals surface area contributed by atoms with E-state index in [-0.39, 0.29) is 11.6 Å². The van der Waals surface area contributed by atoms with Crippen LogP contribution in [-0.2, 0) is 0 Å². The zero-order valence-electron chi connectivity index (χ0n) is 9.18. The van der Waals surface area contributed by atoms with Crippen LogP contribution in [-0.4, -0.2) is 22.0 Å². The summed E-state index contributed by atoms with van der Waals surface area (Å²) < 4.78 is 1.61. The number of carboxylic acids is 1. The number of carbonyl (C=O) groups is 2. The fourth-order valence-electron chi connectivity index (χ4n) is 1.28. The maximum atomic E-state index is 12.0. The molecule has 0 spiro atoms. The minimum absolute atomic E-state index is 0.119. The number of nitrogens with one attached hydrogen (secondary N) is 1. The first-order valence-electron chi connectivity index (χ1n) is 4.93. The molecule has 19 heavy (non-hydrogen) atoms. The minimum Gasteiger partial charge on any atom is -0.477 e. The van der Waals surface area contributed by atoms with E-state index in [1.807, 2.05) is 0 Å². The van der Waals surface area contributed by atoms with Crippen LogP contribution in [0.4, 0.5) is 5.69 Å². The number of nitrogens with zero attached hydrogens (tertiary/aromatic N) is 1. The van der Waals surface area contributed by atoms with Gasteiger partial charge in [-0.25, -0.2) is 9.78 Å². The molecule has 2 rings (SSSR count). The van der Waals surface area contributed by atoms with Gasteiger partial charge in [0.2, 0.25) is 0 Å². The predicted molar refractivity (Wildman–Crippen MR) is 78.9 cm³/mol. The molecule has 0 aromatic carbocycles. The average Bonchev–Trinajstić information content (AvgIpc) is 2.70. The molecule has 0 bridgehead atoms. The van der Waals surface area contributed by atoms with Crippen molar-refractivity contribution in [3.63, 3.8) is 0 Å². The Bertz CT molecular complexity index is 638. The van der Waals surface area contributed by atoms with Crippen LogP contribution < -0.4 is 5.32 Å². The van der Waals surface area contributed by atoms with Gasteiger partial charge in [-0.3, -0.25) is 4.79 Å². The monoisotopic (exact) mass is 404 g/mol. The first-order valence-corrected chi connectivity index (χ1v) is 7.33. The van der Waals surface area contributed by atoms with Crippen molar-refractivity contribution in [2.24, 2.45) is 0 Å². The van der Waals surface area contributed by atoms with E-state index >= 15 is 0 Å². The van der Waals surface area contributed by atoms with Gasteiger partial charge < -0.3 is 10.4 Å². The number of carbonyl (C=O) groups excluding carboxylic acids is 1. The van der Waals surface area contributed by atoms with E-state index < -0.39 is 5.97 Å². The van der Waals surface area contributed by atoms with Crippen molar-refractivity contribution in [2.75, 3.05) is 5.32 Å². The molecular formula is C11H6Br2N2O3S. The van der Waals surface area contributed by atoms with E-state index in [4.69, 9.17) is 5.11 Å². The summed E-state index contributed by atoms with van der Waals surface area (Å²) in [7, 11) is 0. The largest absolute Gasteiger partial charge is 0.477 e. The van der Waals surface area contributed by atoms with E-state index in [0.717, 1.165) is 8.26 Å². The Morgan fingerprint density at radius 3 is 2.63 bits per heavy atom. The summed E-state index contributed by atoms with van der Waals surface area (Å²) in [5.74, 6) is -1.45. The molecule has 2 N–H and O–H groups in total. The number of aromatic carboxylic acids is 1. The highest BCUT2D eigenvalue weighted by molar-refractivity contribution is 9.13. The van der Waals surface area contributed by atoms with Crippen LogP contribution in [0.3, 0.4) is 0 Å². The van der Waals surface area contributed by atoms with Crippen LogP contribution in [0.2, 0.25) is 0 Å². The Hall–Kier alpha value is -1.25. The SMILES string of the molecule is O=C(O)c1cc(NC(=O)c2cc(Br)c(Br)s2)ccn1. The second-order valence-corrected chi connectivity index (χ2v) is 6.65. The molecule has 0 atom stereocenters. The van der Waals surface area contributed by atoms with Gasteiger partial charge in [0.1, 0.15) is 5.69 Å². The number of anilines is 1. The van der Waals surface area contributed by atoms with Crippen molar-refractivity contribution in [3.05, 3.63) is 43.2 Å². The van der Waals surface area contributed by atoms with Crippen molar-refractivity contribution >= 4 is 60.8 Å². The molecule has 2 aromatic rings. The van der Waals surface area contributed by atoms with Gasteiger partial charge in [0.25, 0.3) is 5.91 Å². The third-order valence-corrected chi connectivity index (χ3v) is 5.36. The fraction of sp³-hybridized carbons (Fsp3) is 0. The zero-order chi connectivity index (χ0) is 14.0. The molecule has 0 fully saturated rings. The summed E-state index contributed by atoms with van der Waals surface area (Å²) in [5, 5.41) is 11.4. The molecule has 0 radical (unpaired) electrons. The summed E-state index contributed by atoms with van der Waals surface area (Å²) in [6.45, 7) is 0. The number of halogens is 2. The third-order valence-electron chi connectivity index (χ3n) is 2.11. The number of aromatic nitrogens is 1. The molecule has 2 aromatic heterocycles. The highest BCUT2D eigenvalue weighted by Gasteiger charge is 2.13. The molecule has 5 nitrogen and oxygen atoms in total. The standard InChI is InChI=1S/C11H6Br2N2O3S/c12-6-4-8(19-9(6)13)10(16)15-5-1-2-14-7(3-5)11(17)18/h1-4H,(H,17,18)(H,14,15,16). The summed E-state index contributed by atoms with van der Waals surface area (Å²) in [4.78, 5) is 26.9. The van der Waals surface area contributed by atoms with Crippen LogP contribution in [0, 0.1) is 0 Å². The number of hydrogen-bond donors (Lipinski definition) is 2. The average molecular weight is 406 g/mol. The first kappa shape index (κ1) is 14.2. The first-order chi connectivity index (χ1) is 8.97. The summed E-state index contributed by atoms with van der Waals surface area (Å²) in [6.07, 6.45) is 1.33. The Labute approximate surface area is 128 Å². The molecule has 2 heterocycles. The van der Waals surface area contributed by atoms with Crippen molar-refractivity contribution in [3.8, 4) is 0 Å². The smallest absolute Gasteiger partial charge is 0.354 e. The van der Waals surface area contributed by atoms with Gasteiger partial charge in [-0.15, -0.1) is 11.3 Å². The van der Waals surface area contributed by atoms with Gasteiger partial charge in [0.15, 0.2) is 0 Å². The van der Waals surface area contributed by atoms with Crippen LogP contribution in [0.15, 0.2) is 32.7 Å². The normalized spacial score (nSPS) is 10.2. The van der Waals surface area contributed by atoms with E-state index in [1.54, 1.807) is 6.07 Å².